The van der Waals surface area contributed by atoms with Crippen molar-refractivity contribution >= 4 is 5.91 Å². The molecular formula is C21H23FN2O3. The van der Waals surface area contributed by atoms with Crippen LogP contribution in [-0.4, -0.2) is 47.3 Å². The van der Waals surface area contributed by atoms with Crippen LogP contribution in [0.2, 0.25) is 0 Å². The third-order valence-electron chi connectivity index (χ3n) is 5.53. The number of aliphatic hydroxyl groups is 1. The second-order valence-electron chi connectivity index (χ2n) is 7.37. The maximum atomic E-state index is 13.4. The third kappa shape index (κ3) is 3.36. The first kappa shape index (κ1) is 18.1. The third-order valence-corrected chi connectivity index (χ3v) is 5.53. The van der Waals surface area contributed by atoms with Crippen LogP contribution in [-0.2, 0) is 16.0 Å². The molecule has 1 saturated heterocycles. The Morgan fingerprint density at radius 1 is 1.26 bits per heavy atom. The molecule has 2 aliphatic heterocycles. The van der Waals surface area contributed by atoms with Gasteiger partial charge in [-0.3, -0.25) is 4.79 Å². The van der Waals surface area contributed by atoms with Crippen molar-refractivity contribution in [2.75, 3.05) is 19.7 Å². The van der Waals surface area contributed by atoms with Gasteiger partial charge in [0.25, 0.3) is 5.91 Å². The van der Waals surface area contributed by atoms with Gasteiger partial charge in [0, 0.05) is 19.5 Å². The summed E-state index contributed by atoms with van der Waals surface area (Å²) in [6.45, 7) is 0.658. The first-order valence-corrected chi connectivity index (χ1v) is 9.18. The van der Waals surface area contributed by atoms with E-state index in [0.29, 0.717) is 6.54 Å². The lowest BCUT2D eigenvalue weighted by molar-refractivity contribution is -0.143. The van der Waals surface area contributed by atoms with E-state index >= 15 is 0 Å². The minimum absolute atomic E-state index is 0.0566. The van der Waals surface area contributed by atoms with Crippen molar-refractivity contribution in [2.45, 2.75) is 30.6 Å². The van der Waals surface area contributed by atoms with E-state index in [0.717, 1.165) is 17.5 Å². The van der Waals surface area contributed by atoms with Crippen LogP contribution in [0.15, 0.2) is 48.5 Å². The molecule has 4 rings (SSSR count). The molecule has 3 N–H and O–H groups in total. The van der Waals surface area contributed by atoms with Crippen LogP contribution in [0.25, 0.3) is 0 Å². The summed E-state index contributed by atoms with van der Waals surface area (Å²) >= 11 is 0. The molecule has 2 aromatic rings. The highest BCUT2D eigenvalue weighted by Gasteiger charge is 2.44. The molecule has 0 spiro atoms. The maximum Gasteiger partial charge on any atom is 0.252 e. The highest BCUT2D eigenvalue weighted by Crippen LogP contribution is 2.37. The van der Waals surface area contributed by atoms with Crippen molar-refractivity contribution in [2.24, 2.45) is 5.73 Å². The van der Waals surface area contributed by atoms with E-state index < -0.39 is 11.7 Å². The van der Waals surface area contributed by atoms with Crippen molar-refractivity contribution in [3.05, 3.63) is 71.0 Å². The van der Waals surface area contributed by atoms with Gasteiger partial charge in [0.15, 0.2) is 0 Å². The highest BCUT2D eigenvalue weighted by molar-refractivity contribution is 5.82. The number of rotatable bonds is 3. The molecule has 0 bridgehead atoms. The van der Waals surface area contributed by atoms with Gasteiger partial charge in [-0.1, -0.05) is 36.4 Å². The summed E-state index contributed by atoms with van der Waals surface area (Å²) in [4.78, 5) is 15.0. The monoisotopic (exact) mass is 370 g/mol. The molecule has 0 aliphatic carbocycles. The zero-order valence-electron chi connectivity index (χ0n) is 15.0. The summed E-state index contributed by atoms with van der Waals surface area (Å²) in [7, 11) is 0. The summed E-state index contributed by atoms with van der Waals surface area (Å²) in [6, 6.07) is 14.0. The molecule has 2 heterocycles. The van der Waals surface area contributed by atoms with Crippen molar-refractivity contribution in [1.82, 2.24) is 4.90 Å². The van der Waals surface area contributed by atoms with E-state index in [1.165, 1.54) is 17.7 Å². The Hall–Kier alpha value is -2.28. The van der Waals surface area contributed by atoms with Gasteiger partial charge in [0.05, 0.1) is 12.6 Å². The Bertz CT molecular complexity index is 842. The average Bonchev–Trinajstić information content (AvgIpc) is 3.10. The van der Waals surface area contributed by atoms with E-state index in [-0.39, 0.29) is 37.3 Å². The second-order valence-corrected chi connectivity index (χ2v) is 7.37. The molecule has 0 aromatic heterocycles. The Morgan fingerprint density at radius 2 is 2.00 bits per heavy atom. The summed E-state index contributed by atoms with van der Waals surface area (Å²) in [6.07, 6.45) is 0.219. The van der Waals surface area contributed by atoms with E-state index in [1.54, 1.807) is 17.0 Å². The first-order valence-electron chi connectivity index (χ1n) is 9.18. The number of nitrogens with zero attached hydrogens (tertiary/aromatic N) is 1. The predicted molar refractivity (Wildman–Crippen MR) is 98.5 cm³/mol. The Balaban J connectivity index is 1.69. The minimum atomic E-state index is -1.15. The fraction of sp³-hybridized carbons (Fsp3) is 0.381. The van der Waals surface area contributed by atoms with E-state index in [4.69, 9.17) is 10.5 Å². The van der Waals surface area contributed by atoms with Crippen LogP contribution < -0.4 is 5.73 Å². The SMILES string of the molecule is NC[C@@]1(O)CO[C@H](C(=O)N2CCc3ccccc3[C@@H]2c2ccc(F)cc2)C1. The zero-order chi connectivity index (χ0) is 19.0. The summed E-state index contributed by atoms with van der Waals surface area (Å²) < 4.78 is 19.0. The molecule has 142 valence electrons. The largest absolute Gasteiger partial charge is 0.386 e. The number of amides is 1. The van der Waals surface area contributed by atoms with Crippen molar-refractivity contribution in [3.63, 3.8) is 0 Å². The predicted octanol–water partition coefficient (Wildman–Crippen LogP) is 1.78. The first-order chi connectivity index (χ1) is 13.0. The summed E-state index contributed by atoms with van der Waals surface area (Å²) in [5.74, 6) is -0.476. The van der Waals surface area contributed by atoms with Gasteiger partial charge in [0.2, 0.25) is 0 Å². The second kappa shape index (κ2) is 7.03. The molecule has 3 atom stereocenters. The quantitative estimate of drug-likeness (QED) is 0.864. The standard InChI is InChI=1S/C21H23FN2O3/c22-16-7-5-15(6-8-16)19-17-4-2-1-3-14(17)9-10-24(19)20(25)18-11-21(26,12-23)13-27-18/h1-8,18-19,26H,9-13,23H2/t18-,19-,21+/m0/s1. The normalized spacial score (nSPS) is 27.4. The zero-order valence-corrected chi connectivity index (χ0v) is 15.0. The fourth-order valence-corrected chi connectivity index (χ4v) is 4.01. The summed E-state index contributed by atoms with van der Waals surface area (Å²) in [5, 5.41) is 10.3. The van der Waals surface area contributed by atoms with Crippen LogP contribution in [0.1, 0.15) is 29.2 Å². The lowest BCUT2D eigenvalue weighted by Gasteiger charge is -2.39. The molecular weight excluding hydrogens is 347 g/mol. The van der Waals surface area contributed by atoms with Crippen LogP contribution in [0.4, 0.5) is 4.39 Å². The number of carbonyl (C=O) groups is 1. The van der Waals surface area contributed by atoms with Crippen LogP contribution >= 0.6 is 0 Å². The summed E-state index contributed by atoms with van der Waals surface area (Å²) in [5.41, 5.74) is 7.53. The molecule has 6 heteroatoms. The maximum absolute atomic E-state index is 13.4. The molecule has 1 amide bonds. The Kier molecular flexibility index (Phi) is 4.72. The number of carbonyl (C=O) groups excluding carboxylic acids is 1. The number of hydrogen-bond acceptors (Lipinski definition) is 4. The van der Waals surface area contributed by atoms with Gasteiger partial charge < -0.3 is 20.5 Å². The average molecular weight is 370 g/mol. The Labute approximate surface area is 157 Å². The minimum Gasteiger partial charge on any atom is -0.386 e. The number of hydrogen-bond donors (Lipinski definition) is 2. The van der Waals surface area contributed by atoms with Gasteiger partial charge in [-0.05, 0) is 35.2 Å². The van der Waals surface area contributed by atoms with Gasteiger partial charge in [-0.25, -0.2) is 4.39 Å². The molecule has 0 radical (unpaired) electrons. The van der Waals surface area contributed by atoms with Crippen LogP contribution in [0.3, 0.4) is 0 Å². The smallest absolute Gasteiger partial charge is 0.252 e. The highest BCUT2D eigenvalue weighted by atomic mass is 19.1. The van der Waals surface area contributed by atoms with Gasteiger partial charge >= 0.3 is 0 Å². The molecule has 2 aromatic carbocycles. The van der Waals surface area contributed by atoms with Crippen molar-refractivity contribution < 1.29 is 19.0 Å². The van der Waals surface area contributed by atoms with E-state index in [1.807, 2.05) is 18.2 Å². The van der Waals surface area contributed by atoms with E-state index in [2.05, 4.69) is 6.07 Å². The van der Waals surface area contributed by atoms with Gasteiger partial charge in [0.1, 0.15) is 17.5 Å². The molecule has 5 nitrogen and oxygen atoms in total. The molecule has 0 saturated carbocycles. The van der Waals surface area contributed by atoms with Gasteiger partial charge in [-0.2, -0.15) is 0 Å². The van der Waals surface area contributed by atoms with Crippen LogP contribution in [0, 0.1) is 5.82 Å². The number of ether oxygens (including phenoxy) is 1. The lowest BCUT2D eigenvalue weighted by Crippen LogP contribution is -2.46. The lowest BCUT2D eigenvalue weighted by atomic mass is 9.87. The molecule has 1 fully saturated rings. The molecule has 2 aliphatic rings. The molecule has 27 heavy (non-hydrogen) atoms. The number of benzene rings is 2. The fourth-order valence-electron chi connectivity index (χ4n) is 4.01. The number of halogens is 1. The number of fused-ring (bicyclic) bond motifs is 1. The Morgan fingerprint density at radius 3 is 2.70 bits per heavy atom. The van der Waals surface area contributed by atoms with Gasteiger partial charge in [-0.15, -0.1) is 0 Å². The van der Waals surface area contributed by atoms with Crippen molar-refractivity contribution in [1.29, 1.82) is 0 Å². The molecule has 0 unspecified atom stereocenters. The number of nitrogens with two attached hydrogens (primary N) is 1. The topological polar surface area (TPSA) is 75.8 Å². The van der Waals surface area contributed by atoms with Crippen LogP contribution in [0.5, 0.6) is 0 Å². The van der Waals surface area contributed by atoms with Crippen molar-refractivity contribution in [3.8, 4) is 0 Å². The van der Waals surface area contributed by atoms with E-state index in [9.17, 15) is 14.3 Å².